The lowest BCUT2D eigenvalue weighted by Crippen LogP contribution is -2.24. The van der Waals surface area contributed by atoms with Gasteiger partial charge in [-0.05, 0) is 42.8 Å². The molecule has 0 saturated heterocycles. The van der Waals surface area contributed by atoms with Gasteiger partial charge < -0.3 is 10.6 Å². The molecule has 0 saturated carbocycles. The second-order valence-electron chi connectivity index (χ2n) is 5.98. The van der Waals surface area contributed by atoms with Crippen LogP contribution >= 0.6 is 15.9 Å². The molecule has 8 heteroatoms. The van der Waals surface area contributed by atoms with E-state index in [1.807, 2.05) is 42.5 Å². The van der Waals surface area contributed by atoms with Gasteiger partial charge in [0, 0.05) is 23.6 Å². The predicted octanol–water partition coefficient (Wildman–Crippen LogP) is 3.23. The summed E-state index contributed by atoms with van der Waals surface area (Å²) in [7, 11) is 0. The van der Waals surface area contributed by atoms with Crippen molar-refractivity contribution < 1.29 is 9.59 Å². The minimum atomic E-state index is -0.307. The third kappa shape index (κ3) is 4.59. The molecule has 3 aromatic rings. The highest BCUT2D eigenvalue weighted by Gasteiger charge is 2.17. The van der Waals surface area contributed by atoms with E-state index in [-0.39, 0.29) is 17.5 Å². The van der Waals surface area contributed by atoms with Crippen LogP contribution in [-0.2, 0) is 11.3 Å². The van der Waals surface area contributed by atoms with Gasteiger partial charge in [-0.25, -0.2) is 4.68 Å². The number of nitrogens with zero attached hydrogens (tertiary/aromatic N) is 3. The molecule has 3 rings (SSSR count). The van der Waals surface area contributed by atoms with Crippen molar-refractivity contribution in [3.05, 3.63) is 70.0 Å². The molecule has 2 N–H and O–H groups in total. The Morgan fingerprint density at radius 3 is 2.67 bits per heavy atom. The highest BCUT2D eigenvalue weighted by atomic mass is 79.9. The van der Waals surface area contributed by atoms with Gasteiger partial charge in [-0.3, -0.25) is 9.59 Å². The normalized spacial score (nSPS) is 10.5. The first-order valence-electron chi connectivity index (χ1n) is 8.27. The van der Waals surface area contributed by atoms with Crippen LogP contribution in [0.5, 0.6) is 0 Å². The summed E-state index contributed by atoms with van der Waals surface area (Å²) in [5.74, 6) is -0.449. The van der Waals surface area contributed by atoms with E-state index in [0.717, 1.165) is 15.7 Å². The molecule has 138 valence electrons. The van der Waals surface area contributed by atoms with Crippen molar-refractivity contribution >= 4 is 33.4 Å². The molecule has 2 amide bonds. The Labute approximate surface area is 164 Å². The Bertz CT molecular complexity index is 999. The smallest absolute Gasteiger partial charge is 0.274 e. The largest absolute Gasteiger partial charge is 0.347 e. The van der Waals surface area contributed by atoms with Gasteiger partial charge in [0.05, 0.1) is 11.4 Å². The molecule has 0 fully saturated rings. The Morgan fingerprint density at radius 1 is 1.15 bits per heavy atom. The highest BCUT2D eigenvalue weighted by molar-refractivity contribution is 9.10. The van der Waals surface area contributed by atoms with E-state index in [0.29, 0.717) is 17.9 Å². The van der Waals surface area contributed by atoms with E-state index in [2.05, 4.69) is 36.9 Å². The second kappa shape index (κ2) is 8.13. The first kappa shape index (κ1) is 18.8. The van der Waals surface area contributed by atoms with Crippen molar-refractivity contribution in [3.8, 4) is 5.69 Å². The molecule has 7 nitrogen and oxygen atoms in total. The van der Waals surface area contributed by atoms with Gasteiger partial charge in [0.15, 0.2) is 5.69 Å². The molecule has 1 heterocycles. The number of anilines is 1. The van der Waals surface area contributed by atoms with Crippen molar-refractivity contribution in [1.82, 2.24) is 20.3 Å². The number of nitrogens with one attached hydrogen (secondary N) is 2. The van der Waals surface area contributed by atoms with Crippen LogP contribution in [0, 0.1) is 6.92 Å². The number of hydrogen-bond donors (Lipinski definition) is 2. The summed E-state index contributed by atoms with van der Waals surface area (Å²) in [4.78, 5) is 23.7. The number of amides is 2. The van der Waals surface area contributed by atoms with Crippen LogP contribution in [-0.4, -0.2) is 26.8 Å². The van der Waals surface area contributed by atoms with Crippen LogP contribution in [0.3, 0.4) is 0 Å². The van der Waals surface area contributed by atoms with E-state index < -0.39 is 0 Å². The molecule has 0 radical (unpaired) electrons. The van der Waals surface area contributed by atoms with Crippen molar-refractivity contribution in [2.75, 3.05) is 5.32 Å². The topological polar surface area (TPSA) is 88.9 Å². The van der Waals surface area contributed by atoms with Gasteiger partial charge >= 0.3 is 0 Å². The monoisotopic (exact) mass is 427 g/mol. The van der Waals surface area contributed by atoms with Gasteiger partial charge in [-0.2, -0.15) is 0 Å². The maximum Gasteiger partial charge on any atom is 0.274 e. The van der Waals surface area contributed by atoms with Crippen molar-refractivity contribution in [1.29, 1.82) is 0 Å². The van der Waals surface area contributed by atoms with Gasteiger partial charge in [0.2, 0.25) is 5.91 Å². The molecule has 0 spiro atoms. The molecule has 0 aliphatic carbocycles. The SMILES string of the molecule is CC(=O)Nc1cccc(CNC(=O)c2nnn(-c3cccc(Br)c3)c2C)c1. The van der Waals surface area contributed by atoms with Gasteiger partial charge in [0.25, 0.3) is 5.91 Å². The van der Waals surface area contributed by atoms with E-state index in [1.165, 1.54) is 6.92 Å². The molecule has 0 aliphatic heterocycles. The summed E-state index contributed by atoms with van der Waals surface area (Å²) >= 11 is 3.42. The maximum atomic E-state index is 12.5. The number of carbonyl (C=O) groups is 2. The summed E-state index contributed by atoms with van der Waals surface area (Å²) in [6, 6.07) is 14.9. The van der Waals surface area contributed by atoms with Crippen LogP contribution in [0.15, 0.2) is 53.0 Å². The Kier molecular flexibility index (Phi) is 5.66. The molecule has 0 unspecified atom stereocenters. The van der Waals surface area contributed by atoms with Gasteiger partial charge in [0.1, 0.15) is 0 Å². The third-order valence-corrected chi connectivity index (χ3v) is 4.36. The van der Waals surface area contributed by atoms with Gasteiger partial charge in [-0.15, -0.1) is 5.10 Å². The minimum absolute atomic E-state index is 0.143. The van der Waals surface area contributed by atoms with Crippen molar-refractivity contribution in [2.24, 2.45) is 0 Å². The molecule has 0 atom stereocenters. The first-order chi connectivity index (χ1) is 12.9. The maximum absolute atomic E-state index is 12.5. The number of benzene rings is 2. The average molecular weight is 428 g/mol. The van der Waals surface area contributed by atoms with Crippen LogP contribution in [0.4, 0.5) is 5.69 Å². The number of aromatic nitrogens is 3. The third-order valence-electron chi connectivity index (χ3n) is 3.86. The summed E-state index contributed by atoms with van der Waals surface area (Å²) in [6.45, 7) is 3.56. The van der Waals surface area contributed by atoms with Crippen LogP contribution in [0.25, 0.3) is 5.69 Å². The molecular formula is C19H18BrN5O2. The standard InChI is InChI=1S/C19H18BrN5O2/c1-12-18(23-24-25(12)17-8-4-6-15(20)10-17)19(27)21-11-14-5-3-7-16(9-14)22-13(2)26/h3-10H,11H2,1-2H3,(H,21,27)(H,22,26). The number of halogens is 1. The zero-order valence-electron chi connectivity index (χ0n) is 14.9. The van der Waals surface area contributed by atoms with E-state index in [4.69, 9.17) is 0 Å². The quantitative estimate of drug-likeness (QED) is 0.653. The van der Waals surface area contributed by atoms with Crippen molar-refractivity contribution in [3.63, 3.8) is 0 Å². The van der Waals surface area contributed by atoms with Crippen molar-refractivity contribution in [2.45, 2.75) is 20.4 Å². The minimum Gasteiger partial charge on any atom is -0.347 e. The Hall–Kier alpha value is -3.00. The zero-order valence-corrected chi connectivity index (χ0v) is 16.4. The number of rotatable bonds is 5. The van der Waals surface area contributed by atoms with E-state index in [9.17, 15) is 9.59 Å². The molecule has 0 aliphatic rings. The predicted molar refractivity (Wildman–Crippen MR) is 106 cm³/mol. The summed E-state index contributed by atoms with van der Waals surface area (Å²) in [5, 5.41) is 13.7. The molecule has 1 aromatic heterocycles. The number of hydrogen-bond acceptors (Lipinski definition) is 4. The van der Waals surface area contributed by atoms with Crippen LogP contribution < -0.4 is 10.6 Å². The van der Waals surface area contributed by atoms with E-state index in [1.54, 1.807) is 17.7 Å². The Balaban J connectivity index is 1.71. The fourth-order valence-electron chi connectivity index (χ4n) is 2.62. The second-order valence-corrected chi connectivity index (χ2v) is 6.90. The fraction of sp³-hybridized carbons (Fsp3) is 0.158. The highest BCUT2D eigenvalue weighted by Crippen LogP contribution is 2.17. The van der Waals surface area contributed by atoms with Crippen LogP contribution in [0.2, 0.25) is 0 Å². The summed E-state index contributed by atoms with van der Waals surface area (Å²) in [5.41, 5.74) is 3.29. The fourth-order valence-corrected chi connectivity index (χ4v) is 3.01. The van der Waals surface area contributed by atoms with E-state index >= 15 is 0 Å². The molecule has 0 bridgehead atoms. The molecule has 2 aromatic carbocycles. The number of carbonyl (C=O) groups excluding carboxylic acids is 2. The lowest BCUT2D eigenvalue weighted by atomic mass is 10.2. The lowest BCUT2D eigenvalue weighted by Gasteiger charge is -2.07. The zero-order chi connectivity index (χ0) is 19.4. The van der Waals surface area contributed by atoms with Crippen LogP contribution in [0.1, 0.15) is 28.7 Å². The average Bonchev–Trinajstić information content (AvgIpc) is 3.01. The Morgan fingerprint density at radius 2 is 1.93 bits per heavy atom. The molecular weight excluding hydrogens is 410 g/mol. The summed E-state index contributed by atoms with van der Waals surface area (Å²) < 4.78 is 2.54. The lowest BCUT2D eigenvalue weighted by molar-refractivity contribution is -0.114. The first-order valence-corrected chi connectivity index (χ1v) is 9.06. The van der Waals surface area contributed by atoms with Gasteiger partial charge in [-0.1, -0.05) is 39.3 Å². The summed E-state index contributed by atoms with van der Waals surface area (Å²) in [6.07, 6.45) is 0. The molecule has 27 heavy (non-hydrogen) atoms.